The van der Waals surface area contributed by atoms with Crippen molar-refractivity contribution < 1.29 is 19.7 Å². The second-order valence-electron chi connectivity index (χ2n) is 4.63. The van der Waals surface area contributed by atoms with Gasteiger partial charge in [-0.1, -0.05) is 0 Å². The fraction of sp³-hybridized carbons (Fsp3) is 0.0714. The third kappa shape index (κ3) is 3.40. The highest BCUT2D eigenvalue weighted by Gasteiger charge is 2.22. The van der Waals surface area contributed by atoms with Crippen molar-refractivity contribution in [3.63, 3.8) is 0 Å². The van der Waals surface area contributed by atoms with E-state index in [1.165, 1.54) is 36.2 Å². The molecule has 0 aliphatic heterocycles. The van der Waals surface area contributed by atoms with Gasteiger partial charge in [0, 0.05) is 24.9 Å². The zero-order chi connectivity index (χ0) is 17.1. The molecule has 2 aromatic rings. The van der Waals surface area contributed by atoms with Crippen molar-refractivity contribution in [3.8, 4) is 5.75 Å². The van der Waals surface area contributed by atoms with E-state index in [4.69, 9.17) is 0 Å². The Balaban J connectivity index is 2.43. The molecule has 0 saturated carbocycles. The molecule has 2 rings (SSSR count). The molecule has 9 nitrogen and oxygen atoms in total. The lowest BCUT2D eigenvalue weighted by Gasteiger charge is -2.17. The number of hydrogen-bond acceptors (Lipinski definition) is 6. The molecular weight excluding hydrogens is 306 g/mol. The average molecular weight is 317 g/mol. The monoisotopic (exact) mass is 317 g/mol. The Morgan fingerprint density at radius 2 is 1.48 bits per heavy atom. The van der Waals surface area contributed by atoms with Gasteiger partial charge in [-0.15, -0.1) is 0 Å². The Bertz CT molecular complexity index is 755. The minimum Gasteiger partial charge on any atom is -0.508 e. The number of phenols is 1. The summed E-state index contributed by atoms with van der Waals surface area (Å²) >= 11 is 0. The minimum absolute atomic E-state index is 0.0144. The lowest BCUT2D eigenvalue weighted by Crippen LogP contribution is -2.26. The van der Waals surface area contributed by atoms with Crippen LogP contribution in [-0.2, 0) is 0 Å². The topological polar surface area (TPSA) is 127 Å². The van der Waals surface area contributed by atoms with Crippen LogP contribution in [0.2, 0.25) is 0 Å². The largest absolute Gasteiger partial charge is 0.508 e. The molecule has 0 bridgehead atoms. The Labute approximate surface area is 129 Å². The minimum atomic E-state index is -0.801. The summed E-state index contributed by atoms with van der Waals surface area (Å²) in [6.45, 7) is 0. The van der Waals surface area contributed by atoms with Crippen LogP contribution in [-0.4, -0.2) is 27.9 Å². The van der Waals surface area contributed by atoms with Crippen LogP contribution in [0.4, 0.5) is 17.1 Å². The van der Waals surface area contributed by atoms with Crippen LogP contribution in [0.1, 0.15) is 10.4 Å². The normalized spacial score (nSPS) is 10.1. The predicted octanol–water partition coefficient (Wildman–Crippen LogP) is 2.49. The highest BCUT2D eigenvalue weighted by molar-refractivity contribution is 6.06. The second kappa shape index (κ2) is 6.10. The molecule has 0 aliphatic carbocycles. The number of aromatic hydroxyl groups is 1. The smallest absolute Gasteiger partial charge is 0.277 e. The first kappa shape index (κ1) is 15.9. The lowest BCUT2D eigenvalue weighted by atomic mass is 10.1. The molecule has 0 aliphatic rings. The Kier molecular flexibility index (Phi) is 4.21. The molecule has 0 fully saturated rings. The molecule has 0 spiro atoms. The van der Waals surface area contributed by atoms with Gasteiger partial charge in [-0.25, -0.2) is 0 Å². The molecule has 9 heteroatoms. The van der Waals surface area contributed by atoms with Crippen LogP contribution in [0.15, 0.2) is 42.5 Å². The summed E-state index contributed by atoms with van der Waals surface area (Å²) in [5, 5.41) is 31.0. The zero-order valence-corrected chi connectivity index (χ0v) is 11.9. The van der Waals surface area contributed by atoms with Gasteiger partial charge >= 0.3 is 0 Å². The Hall–Kier alpha value is -3.49. The first-order valence-electron chi connectivity index (χ1n) is 6.30. The fourth-order valence-corrected chi connectivity index (χ4v) is 1.92. The van der Waals surface area contributed by atoms with Gasteiger partial charge < -0.3 is 10.0 Å². The van der Waals surface area contributed by atoms with Gasteiger partial charge in [-0.2, -0.15) is 0 Å². The summed E-state index contributed by atoms with van der Waals surface area (Å²) in [6.07, 6.45) is 0. The number of nitro groups is 2. The van der Waals surface area contributed by atoms with Crippen LogP contribution < -0.4 is 4.90 Å². The summed E-state index contributed by atoms with van der Waals surface area (Å²) < 4.78 is 0. The highest BCUT2D eigenvalue weighted by Crippen LogP contribution is 2.25. The maximum Gasteiger partial charge on any atom is 0.277 e. The predicted molar refractivity (Wildman–Crippen MR) is 80.6 cm³/mol. The van der Waals surface area contributed by atoms with E-state index < -0.39 is 27.1 Å². The standard InChI is InChI=1S/C14H11N3O6/c1-15(10-2-4-13(18)5-3-10)14(19)9-6-11(16(20)21)8-12(7-9)17(22)23/h2-8,18H,1H3. The van der Waals surface area contributed by atoms with Gasteiger partial charge in [0.15, 0.2) is 0 Å². The van der Waals surface area contributed by atoms with Gasteiger partial charge in [0.25, 0.3) is 17.3 Å². The van der Waals surface area contributed by atoms with Gasteiger partial charge in [0.2, 0.25) is 0 Å². The van der Waals surface area contributed by atoms with Crippen LogP contribution in [0.3, 0.4) is 0 Å². The number of hydrogen-bond donors (Lipinski definition) is 1. The molecule has 1 N–H and O–H groups in total. The summed E-state index contributed by atoms with van der Waals surface area (Å²) in [5.41, 5.74) is -0.841. The van der Waals surface area contributed by atoms with E-state index in [9.17, 15) is 30.1 Å². The van der Waals surface area contributed by atoms with E-state index in [1.807, 2.05) is 0 Å². The third-order valence-electron chi connectivity index (χ3n) is 3.11. The number of rotatable bonds is 4. The van der Waals surface area contributed by atoms with Crippen molar-refractivity contribution in [2.45, 2.75) is 0 Å². The number of nitrogens with zero attached hydrogens (tertiary/aromatic N) is 3. The molecule has 2 aromatic carbocycles. The number of carbonyl (C=O) groups excluding carboxylic acids is 1. The van der Waals surface area contributed by atoms with Crippen molar-refractivity contribution in [1.82, 2.24) is 0 Å². The summed E-state index contributed by atoms with van der Waals surface area (Å²) in [4.78, 5) is 33.7. The van der Waals surface area contributed by atoms with Crippen molar-refractivity contribution in [1.29, 1.82) is 0 Å². The van der Waals surface area contributed by atoms with E-state index in [2.05, 4.69) is 0 Å². The number of anilines is 1. The molecule has 0 atom stereocenters. The van der Waals surface area contributed by atoms with Gasteiger partial charge in [-0.3, -0.25) is 25.0 Å². The summed E-state index contributed by atoms with van der Waals surface area (Å²) in [7, 11) is 1.42. The van der Waals surface area contributed by atoms with Gasteiger partial charge in [0.1, 0.15) is 5.75 Å². The third-order valence-corrected chi connectivity index (χ3v) is 3.11. The van der Waals surface area contributed by atoms with E-state index in [1.54, 1.807) is 0 Å². The van der Waals surface area contributed by atoms with Gasteiger partial charge in [0.05, 0.1) is 21.5 Å². The molecule has 0 saturated heterocycles. The zero-order valence-electron chi connectivity index (χ0n) is 11.9. The van der Waals surface area contributed by atoms with E-state index >= 15 is 0 Å². The number of amides is 1. The number of benzene rings is 2. The SMILES string of the molecule is CN(C(=O)c1cc([N+](=O)[O-])cc([N+](=O)[O-])c1)c1ccc(O)cc1. The van der Waals surface area contributed by atoms with Crippen LogP contribution in [0.25, 0.3) is 0 Å². The van der Waals surface area contributed by atoms with E-state index in [0.717, 1.165) is 18.2 Å². The van der Waals surface area contributed by atoms with Crippen LogP contribution in [0.5, 0.6) is 5.75 Å². The molecule has 0 radical (unpaired) electrons. The maximum absolute atomic E-state index is 12.4. The Morgan fingerprint density at radius 1 is 1.00 bits per heavy atom. The fourth-order valence-electron chi connectivity index (χ4n) is 1.92. The molecule has 1 amide bonds. The Morgan fingerprint density at radius 3 is 1.91 bits per heavy atom. The average Bonchev–Trinajstić information content (AvgIpc) is 2.53. The quantitative estimate of drug-likeness (QED) is 0.681. The second-order valence-corrected chi connectivity index (χ2v) is 4.63. The summed E-state index contributed by atoms with van der Waals surface area (Å²) in [6, 6.07) is 8.43. The lowest BCUT2D eigenvalue weighted by molar-refractivity contribution is -0.394. The summed E-state index contributed by atoms with van der Waals surface area (Å²) in [5.74, 6) is -0.636. The molecule has 118 valence electrons. The molecule has 0 aromatic heterocycles. The number of carbonyl (C=O) groups is 1. The van der Waals surface area contributed by atoms with Crippen molar-refractivity contribution in [2.75, 3.05) is 11.9 Å². The number of nitro benzene ring substituents is 2. The maximum atomic E-state index is 12.4. The van der Waals surface area contributed by atoms with Crippen molar-refractivity contribution in [3.05, 3.63) is 68.3 Å². The van der Waals surface area contributed by atoms with Crippen molar-refractivity contribution >= 4 is 23.0 Å². The molecular formula is C14H11N3O6. The van der Waals surface area contributed by atoms with Crippen LogP contribution in [0, 0.1) is 20.2 Å². The first-order valence-corrected chi connectivity index (χ1v) is 6.30. The number of non-ortho nitro benzene ring substituents is 2. The van der Waals surface area contributed by atoms with Crippen molar-refractivity contribution in [2.24, 2.45) is 0 Å². The van der Waals surface area contributed by atoms with Gasteiger partial charge in [-0.05, 0) is 24.3 Å². The van der Waals surface area contributed by atoms with E-state index in [-0.39, 0.29) is 11.3 Å². The van der Waals surface area contributed by atoms with Crippen LogP contribution >= 0.6 is 0 Å². The first-order chi connectivity index (χ1) is 10.8. The molecule has 0 heterocycles. The number of phenolic OH excluding ortho intramolecular Hbond substituents is 1. The molecule has 0 unspecified atom stereocenters. The highest BCUT2D eigenvalue weighted by atomic mass is 16.6. The van der Waals surface area contributed by atoms with E-state index in [0.29, 0.717) is 5.69 Å². The molecule has 23 heavy (non-hydrogen) atoms.